The molecule has 4 heteroatoms. The Balaban J connectivity index is 2.45. The SMILES string of the molecule is C/C=C/COC1(CC)COC(=O)O1. The van der Waals surface area contributed by atoms with Gasteiger partial charge in [-0.3, -0.25) is 0 Å². The molecule has 0 saturated carbocycles. The zero-order valence-electron chi connectivity index (χ0n) is 7.91. The molecule has 1 fully saturated rings. The van der Waals surface area contributed by atoms with Crippen molar-refractivity contribution in [3.63, 3.8) is 0 Å². The van der Waals surface area contributed by atoms with Gasteiger partial charge in [-0.25, -0.2) is 4.79 Å². The molecule has 1 unspecified atom stereocenters. The van der Waals surface area contributed by atoms with E-state index in [9.17, 15) is 4.79 Å². The van der Waals surface area contributed by atoms with Gasteiger partial charge >= 0.3 is 6.16 Å². The minimum Gasteiger partial charge on any atom is -0.427 e. The smallest absolute Gasteiger partial charge is 0.427 e. The minimum absolute atomic E-state index is 0.180. The second-order valence-corrected chi connectivity index (χ2v) is 2.79. The molecule has 0 aromatic heterocycles. The van der Waals surface area contributed by atoms with E-state index in [-0.39, 0.29) is 6.61 Å². The lowest BCUT2D eigenvalue weighted by Gasteiger charge is -2.22. The van der Waals surface area contributed by atoms with Crippen LogP contribution in [0.1, 0.15) is 20.3 Å². The molecule has 1 saturated heterocycles. The molecule has 1 aliphatic heterocycles. The Kier molecular flexibility index (Phi) is 3.31. The van der Waals surface area contributed by atoms with E-state index in [4.69, 9.17) is 9.47 Å². The number of carbonyl (C=O) groups excluding carboxylic acids is 1. The zero-order valence-corrected chi connectivity index (χ0v) is 7.91. The molecule has 1 aliphatic rings. The summed E-state index contributed by atoms with van der Waals surface area (Å²) < 4.78 is 15.0. The van der Waals surface area contributed by atoms with E-state index < -0.39 is 11.9 Å². The molecular formula is C9H14O4. The second kappa shape index (κ2) is 4.28. The van der Waals surface area contributed by atoms with Crippen LogP contribution in [0.25, 0.3) is 0 Å². The van der Waals surface area contributed by atoms with Gasteiger partial charge in [0, 0.05) is 6.42 Å². The fourth-order valence-electron chi connectivity index (χ4n) is 1.02. The van der Waals surface area contributed by atoms with Gasteiger partial charge in [-0.2, -0.15) is 0 Å². The Morgan fingerprint density at radius 1 is 1.69 bits per heavy atom. The maximum atomic E-state index is 10.7. The largest absolute Gasteiger partial charge is 0.511 e. The monoisotopic (exact) mass is 186 g/mol. The Hall–Kier alpha value is -1.03. The molecule has 0 N–H and O–H groups in total. The predicted molar refractivity (Wildman–Crippen MR) is 46.2 cm³/mol. The van der Waals surface area contributed by atoms with Gasteiger partial charge in [0.1, 0.15) is 0 Å². The maximum Gasteiger partial charge on any atom is 0.511 e. The third-order valence-electron chi connectivity index (χ3n) is 1.90. The summed E-state index contributed by atoms with van der Waals surface area (Å²) in [4.78, 5) is 10.7. The highest BCUT2D eigenvalue weighted by Gasteiger charge is 2.41. The molecule has 0 bridgehead atoms. The number of ether oxygens (including phenoxy) is 3. The lowest BCUT2D eigenvalue weighted by Crippen LogP contribution is -2.34. The van der Waals surface area contributed by atoms with Gasteiger partial charge in [0.05, 0.1) is 6.61 Å². The van der Waals surface area contributed by atoms with Crippen LogP contribution in [-0.2, 0) is 14.2 Å². The Morgan fingerprint density at radius 3 is 2.92 bits per heavy atom. The molecule has 0 spiro atoms. The summed E-state index contributed by atoms with van der Waals surface area (Å²) in [5.74, 6) is -0.864. The summed E-state index contributed by atoms with van der Waals surface area (Å²) in [6.45, 7) is 4.40. The first kappa shape index (κ1) is 10.1. The number of rotatable bonds is 4. The number of cyclic esters (lactones) is 2. The summed E-state index contributed by atoms with van der Waals surface area (Å²) in [6.07, 6.45) is 3.67. The van der Waals surface area contributed by atoms with Crippen molar-refractivity contribution in [2.75, 3.05) is 13.2 Å². The van der Waals surface area contributed by atoms with Crippen LogP contribution in [0.15, 0.2) is 12.2 Å². The van der Waals surface area contributed by atoms with Crippen molar-refractivity contribution in [2.45, 2.75) is 26.1 Å². The third kappa shape index (κ3) is 2.45. The van der Waals surface area contributed by atoms with E-state index in [1.54, 1.807) is 0 Å². The van der Waals surface area contributed by atoms with Crippen molar-refractivity contribution in [1.29, 1.82) is 0 Å². The van der Waals surface area contributed by atoms with Crippen LogP contribution < -0.4 is 0 Å². The van der Waals surface area contributed by atoms with Crippen LogP contribution in [0.5, 0.6) is 0 Å². The average Bonchev–Trinajstić information content (AvgIpc) is 2.49. The standard InChI is InChI=1S/C9H14O4/c1-3-5-6-12-9(4-2)7-11-8(10)13-9/h3,5H,4,6-7H2,1-2H3/b5-3+. The summed E-state index contributed by atoms with van der Waals surface area (Å²) in [5, 5.41) is 0. The van der Waals surface area contributed by atoms with E-state index in [1.165, 1.54) is 0 Å². The molecule has 13 heavy (non-hydrogen) atoms. The lowest BCUT2D eigenvalue weighted by atomic mass is 10.2. The molecule has 0 aromatic rings. The molecule has 0 aliphatic carbocycles. The van der Waals surface area contributed by atoms with Gasteiger partial charge < -0.3 is 14.2 Å². The average molecular weight is 186 g/mol. The number of hydrogen-bond acceptors (Lipinski definition) is 4. The van der Waals surface area contributed by atoms with Gasteiger partial charge in [-0.15, -0.1) is 0 Å². The first-order valence-electron chi connectivity index (χ1n) is 4.33. The van der Waals surface area contributed by atoms with Crippen LogP contribution in [0, 0.1) is 0 Å². The zero-order chi connectivity index (χ0) is 9.73. The molecule has 0 radical (unpaired) electrons. The van der Waals surface area contributed by atoms with Gasteiger partial charge in [0.2, 0.25) is 0 Å². The van der Waals surface area contributed by atoms with Crippen LogP contribution in [0.4, 0.5) is 4.79 Å². The second-order valence-electron chi connectivity index (χ2n) is 2.79. The fraction of sp³-hybridized carbons (Fsp3) is 0.667. The van der Waals surface area contributed by atoms with Crippen LogP contribution >= 0.6 is 0 Å². The van der Waals surface area contributed by atoms with E-state index >= 15 is 0 Å². The Morgan fingerprint density at radius 2 is 2.46 bits per heavy atom. The summed E-state index contributed by atoms with van der Waals surface area (Å²) >= 11 is 0. The normalized spacial score (nSPS) is 27.7. The van der Waals surface area contributed by atoms with Crippen LogP contribution in [0.3, 0.4) is 0 Å². The number of carbonyl (C=O) groups is 1. The molecule has 0 amide bonds. The Bertz CT molecular complexity index is 212. The van der Waals surface area contributed by atoms with Crippen molar-refractivity contribution < 1.29 is 19.0 Å². The topological polar surface area (TPSA) is 44.8 Å². The first-order valence-corrected chi connectivity index (χ1v) is 4.33. The van der Waals surface area contributed by atoms with Crippen molar-refractivity contribution in [3.05, 3.63) is 12.2 Å². The summed E-state index contributed by atoms with van der Waals surface area (Å²) in [7, 11) is 0. The molecule has 0 aromatic carbocycles. The van der Waals surface area contributed by atoms with Crippen molar-refractivity contribution in [1.82, 2.24) is 0 Å². The molecular weight excluding hydrogens is 172 g/mol. The molecule has 4 nitrogen and oxygen atoms in total. The molecule has 1 heterocycles. The highest BCUT2D eigenvalue weighted by molar-refractivity contribution is 5.62. The highest BCUT2D eigenvalue weighted by Crippen LogP contribution is 2.24. The first-order chi connectivity index (χ1) is 6.22. The fourth-order valence-corrected chi connectivity index (χ4v) is 1.02. The number of allylic oxidation sites excluding steroid dienone is 1. The van der Waals surface area contributed by atoms with E-state index in [2.05, 4.69) is 4.74 Å². The highest BCUT2D eigenvalue weighted by atomic mass is 16.8. The van der Waals surface area contributed by atoms with Gasteiger partial charge in [0.15, 0.2) is 6.61 Å². The summed E-state index contributed by atoms with van der Waals surface area (Å²) in [5.41, 5.74) is 0. The molecule has 74 valence electrons. The lowest BCUT2D eigenvalue weighted by molar-refractivity contribution is -0.173. The van der Waals surface area contributed by atoms with E-state index in [1.807, 2.05) is 26.0 Å². The van der Waals surface area contributed by atoms with Crippen molar-refractivity contribution in [2.24, 2.45) is 0 Å². The maximum absolute atomic E-state index is 10.7. The Labute approximate surface area is 77.5 Å². The summed E-state index contributed by atoms with van der Waals surface area (Å²) in [6, 6.07) is 0. The third-order valence-corrected chi connectivity index (χ3v) is 1.90. The van der Waals surface area contributed by atoms with Crippen LogP contribution in [-0.4, -0.2) is 25.2 Å². The van der Waals surface area contributed by atoms with E-state index in [0.717, 1.165) is 0 Å². The van der Waals surface area contributed by atoms with Crippen molar-refractivity contribution in [3.8, 4) is 0 Å². The quantitative estimate of drug-likeness (QED) is 0.496. The predicted octanol–water partition coefficient (Wildman–Crippen LogP) is 1.85. The van der Waals surface area contributed by atoms with Gasteiger partial charge in [-0.05, 0) is 6.92 Å². The molecule has 1 atom stereocenters. The molecule has 1 rings (SSSR count). The van der Waals surface area contributed by atoms with Gasteiger partial charge in [-0.1, -0.05) is 19.1 Å². The van der Waals surface area contributed by atoms with Crippen LogP contribution in [0.2, 0.25) is 0 Å². The number of hydrogen-bond donors (Lipinski definition) is 0. The van der Waals surface area contributed by atoms with Gasteiger partial charge in [0.25, 0.3) is 5.79 Å². The van der Waals surface area contributed by atoms with Crippen molar-refractivity contribution >= 4 is 6.16 Å². The van der Waals surface area contributed by atoms with E-state index in [0.29, 0.717) is 13.0 Å². The minimum atomic E-state index is -0.864.